The SMILES string of the molecule is O=C(O)/C=C\C(=O)O.O=C1CCC(=O)N1. The minimum absolute atomic E-state index is 0.148. The second-order valence-corrected chi connectivity index (χ2v) is 2.48. The van der Waals surface area contributed by atoms with Gasteiger partial charge < -0.3 is 10.2 Å². The zero-order valence-corrected chi connectivity index (χ0v) is 7.60. The first-order valence-electron chi connectivity index (χ1n) is 3.88. The molecule has 0 spiro atoms. The highest BCUT2D eigenvalue weighted by Gasteiger charge is 2.15. The molecule has 1 rings (SSSR count). The summed E-state index contributed by atoms with van der Waals surface area (Å²) in [4.78, 5) is 39.4. The van der Waals surface area contributed by atoms with Crippen LogP contribution in [0.4, 0.5) is 0 Å². The Morgan fingerprint density at radius 2 is 1.33 bits per heavy atom. The minimum Gasteiger partial charge on any atom is -0.478 e. The fourth-order valence-corrected chi connectivity index (χ4v) is 0.650. The van der Waals surface area contributed by atoms with E-state index in [1.807, 2.05) is 0 Å². The third-order valence-electron chi connectivity index (χ3n) is 1.23. The molecule has 1 heterocycles. The van der Waals surface area contributed by atoms with Crippen LogP contribution in [-0.4, -0.2) is 34.0 Å². The van der Waals surface area contributed by atoms with E-state index in [-0.39, 0.29) is 11.8 Å². The molecule has 0 atom stereocenters. The van der Waals surface area contributed by atoms with Crippen LogP contribution in [0, 0.1) is 0 Å². The van der Waals surface area contributed by atoms with Crippen molar-refractivity contribution in [2.75, 3.05) is 0 Å². The van der Waals surface area contributed by atoms with E-state index in [4.69, 9.17) is 10.2 Å². The van der Waals surface area contributed by atoms with Gasteiger partial charge in [-0.15, -0.1) is 0 Å². The van der Waals surface area contributed by atoms with Crippen LogP contribution in [0.15, 0.2) is 12.2 Å². The normalized spacial score (nSPS) is 14.4. The summed E-state index contributed by atoms with van der Waals surface area (Å²) in [6.07, 6.45) is 1.86. The molecule has 1 aliphatic rings. The van der Waals surface area contributed by atoms with Crippen molar-refractivity contribution < 1.29 is 29.4 Å². The van der Waals surface area contributed by atoms with E-state index in [1.54, 1.807) is 0 Å². The summed E-state index contributed by atoms with van der Waals surface area (Å²) >= 11 is 0. The summed E-state index contributed by atoms with van der Waals surface area (Å²) in [7, 11) is 0. The summed E-state index contributed by atoms with van der Waals surface area (Å²) < 4.78 is 0. The van der Waals surface area contributed by atoms with Crippen molar-refractivity contribution in [3.63, 3.8) is 0 Å². The third kappa shape index (κ3) is 8.16. The van der Waals surface area contributed by atoms with Gasteiger partial charge in [0.05, 0.1) is 0 Å². The van der Waals surface area contributed by atoms with Crippen LogP contribution in [0.2, 0.25) is 0 Å². The number of hydrogen-bond acceptors (Lipinski definition) is 4. The average molecular weight is 215 g/mol. The van der Waals surface area contributed by atoms with E-state index >= 15 is 0 Å². The van der Waals surface area contributed by atoms with Crippen molar-refractivity contribution in [1.29, 1.82) is 0 Å². The van der Waals surface area contributed by atoms with Crippen molar-refractivity contribution in [1.82, 2.24) is 5.32 Å². The molecule has 82 valence electrons. The first-order chi connectivity index (χ1) is 6.91. The lowest BCUT2D eigenvalue weighted by Gasteiger charge is -1.79. The largest absolute Gasteiger partial charge is 0.478 e. The van der Waals surface area contributed by atoms with Gasteiger partial charge in [-0.1, -0.05) is 0 Å². The summed E-state index contributed by atoms with van der Waals surface area (Å²) in [6, 6.07) is 0. The zero-order valence-electron chi connectivity index (χ0n) is 7.60. The van der Waals surface area contributed by atoms with Crippen LogP contribution in [-0.2, 0) is 19.2 Å². The molecule has 0 bridgehead atoms. The zero-order chi connectivity index (χ0) is 11.8. The molecular weight excluding hydrogens is 206 g/mol. The molecule has 0 aromatic heterocycles. The molecule has 1 saturated heterocycles. The average Bonchev–Trinajstić information content (AvgIpc) is 2.47. The lowest BCUT2D eigenvalue weighted by Crippen LogP contribution is -2.18. The van der Waals surface area contributed by atoms with Crippen molar-refractivity contribution in [3.05, 3.63) is 12.2 Å². The molecule has 7 heteroatoms. The van der Waals surface area contributed by atoms with E-state index < -0.39 is 11.9 Å². The molecular formula is C8H9NO6. The maximum atomic E-state index is 10.1. The Balaban J connectivity index is 0.000000262. The molecule has 3 N–H and O–H groups in total. The van der Waals surface area contributed by atoms with Crippen LogP contribution >= 0.6 is 0 Å². The molecule has 15 heavy (non-hydrogen) atoms. The predicted molar refractivity (Wildman–Crippen MR) is 46.8 cm³/mol. The van der Waals surface area contributed by atoms with Gasteiger partial charge in [0, 0.05) is 25.0 Å². The molecule has 0 aromatic rings. The van der Waals surface area contributed by atoms with Crippen LogP contribution < -0.4 is 5.32 Å². The van der Waals surface area contributed by atoms with E-state index in [1.165, 1.54) is 0 Å². The van der Waals surface area contributed by atoms with Crippen molar-refractivity contribution in [2.24, 2.45) is 0 Å². The number of nitrogens with one attached hydrogen (secondary N) is 1. The van der Waals surface area contributed by atoms with Gasteiger partial charge in [0.2, 0.25) is 11.8 Å². The molecule has 2 amide bonds. The number of carboxylic acid groups (broad SMARTS) is 2. The Kier molecular flexibility index (Phi) is 5.38. The highest BCUT2D eigenvalue weighted by molar-refractivity contribution is 6.01. The highest BCUT2D eigenvalue weighted by atomic mass is 16.4. The van der Waals surface area contributed by atoms with Crippen LogP contribution in [0.5, 0.6) is 0 Å². The number of carbonyl (C=O) groups is 4. The van der Waals surface area contributed by atoms with Gasteiger partial charge in [-0.2, -0.15) is 0 Å². The predicted octanol–water partition coefficient (Wildman–Crippen LogP) is -0.865. The summed E-state index contributed by atoms with van der Waals surface area (Å²) in [6.45, 7) is 0. The van der Waals surface area contributed by atoms with Gasteiger partial charge in [-0.05, 0) is 0 Å². The van der Waals surface area contributed by atoms with Crippen molar-refractivity contribution in [3.8, 4) is 0 Å². The number of imide groups is 1. The highest BCUT2D eigenvalue weighted by Crippen LogP contribution is 1.95. The Morgan fingerprint density at radius 1 is 1.00 bits per heavy atom. The number of rotatable bonds is 2. The van der Waals surface area contributed by atoms with Crippen molar-refractivity contribution >= 4 is 23.8 Å². The first-order valence-corrected chi connectivity index (χ1v) is 3.88. The van der Waals surface area contributed by atoms with E-state index in [2.05, 4.69) is 5.32 Å². The fraction of sp³-hybridized carbons (Fsp3) is 0.250. The minimum atomic E-state index is -1.26. The number of amides is 2. The Morgan fingerprint density at radius 3 is 1.47 bits per heavy atom. The van der Waals surface area contributed by atoms with Crippen LogP contribution in [0.3, 0.4) is 0 Å². The Labute approximate surface area is 84.4 Å². The standard InChI is InChI=1S/C4H5NO2.C4H4O4/c6-3-1-2-4(7)5-3;5-3(6)1-2-4(7)8/h1-2H2,(H,5,6,7);1-2H,(H,5,6)(H,7,8)/b;2-1-. The fourth-order valence-electron chi connectivity index (χ4n) is 0.650. The first kappa shape index (κ1) is 12.8. The van der Waals surface area contributed by atoms with E-state index in [9.17, 15) is 19.2 Å². The van der Waals surface area contributed by atoms with Gasteiger partial charge in [0.25, 0.3) is 0 Å². The van der Waals surface area contributed by atoms with Gasteiger partial charge in [-0.3, -0.25) is 14.9 Å². The molecule has 1 aliphatic heterocycles. The van der Waals surface area contributed by atoms with Gasteiger partial charge in [-0.25, -0.2) is 9.59 Å². The van der Waals surface area contributed by atoms with Crippen LogP contribution in [0.1, 0.15) is 12.8 Å². The number of carboxylic acids is 2. The molecule has 7 nitrogen and oxygen atoms in total. The second-order valence-electron chi connectivity index (χ2n) is 2.48. The van der Waals surface area contributed by atoms with E-state index in [0.29, 0.717) is 25.0 Å². The third-order valence-corrected chi connectivity index (χ3v) is 1.23. The lowest BCUT2D eigenvalue weighted by atomic mass is 10.4. The summed E-state index contributed by atoms with van der Waals surface area (Å²) in [5.74, 6) is -2.81. The molecule has 0 aromatic carbocycles. The summed E-state index contributed by atoms with van der Waals surface area (Å²) in [5, 5.41) is 17.8. The lowest BCUT2D eigenvalue weighted by molar-refractivity contribution is -0.134. The molecule has 1 fully saturated rings. The molecule has 0 saturated carbocycles. The molecule has 0 radical (unpaired) electrons. The van der Waals surface area contributed by atoms with Crippen molar-refractivity contribution in [2.45, 2.75) is 12.8 Å². The second kappa shape index (κ2) is 6.30. The van der Waals surface area contributed by atoms with Gasteiger partial charge >= 0.3 is 11.9 Å². The summed E-state index contributed by atoms with van der Waals surface area (Å²) in [5.41, 5.74) is 0. The van der Waals surface area contributed by atoms with Crippen LogP contribution in [0.25, 0.3) is 0 Å². The number of carbonyl (C=O) groups excluding carboxylic acids is 2. The molecule has 0 unspecified atom stereocenters. The number of aliphatic carboxylic acids is 2. The van der Waals surface area contributed by atoms with Gasteiger partial charge in [0.1, 0.15) is 0 Å². The maximum Gasteiger partial charge on any atom is 0.328 e. The number of hydrogen-bond donors (Lipinski definition) is 3. The Bertz CT molecular complexity index is 289. The molecule has 0 aliphatic carbocycles. The quantitative estimate of drug-likeness (QED) is 0.407. The monoisotopic (exact) mass is 215 g/mol. The topological polar surface area (TPSA) is 121 Å². The van der Waals surface area contributed by atoms with E-state index in [0.717, 1.165) is 0 Å². The smallest absolute Gasteiger partial charge is 0.328 e. The Hall–Kier alpha value is -2.18. The van der Waals surface area contributed by atoms with Gasteiger partial charge in [0.15, 0.2) is 0 Å². The maximum absolute atomic E-state index is 10.1.